The fraction of sp³-hybridized carbons (Fsp3) is 0.800. The van der Waals surface area contributed by atoms with Crippen molar-refractivity contribution in [1.82, 2.24) is 0 Å². The molecule has 0 rings (SSSR count). The number of carbonyl (C=O) groups excluding carboxylic acids is 1. The topological polar surface area (TPSA) is 130 Å². The summed E-state index contributed by atoms with van der Waals surface area (Å²) >= 11 is 0. The van der Waals surface area contributed by atoms with Crippen LogP contribution < -0.4 is 0 Å². The van der Waals surface area contributed by atoms with Crippen molar-refractivity contribution < 1.29 is 37.4 Å². The molecule has 0 bridgehead atoms. The lowest BCUT2D eigenvalue weighted by atomic mass is 10.1. The van der Waals surface area contributed by atoms with Gasteiger partial charge in [-0.15, -0.1) is 0 Å². The van der Waals surface area contributed by atoms with E-state index in [1.807, 2.05) is 0 Å². The minimum atomic E-state index is -5.07. The van der Waals surface area contributed by atoms with Crippen molar-refractivity contribution in [2.45, 2.75) is 13.3 Å². The third-order valence-corrected chi connectivity index (χ3v) is 3.45. The molecule has 0 saturated heterocycles. The Morgan fingerprint density at radius 1 is 1.33 bits per heavy atom. The van der Waals surface area contributed by atoms with E-state index in [9.17, 15) is 13.9 Å². The van der Waals surface area contributed by atoms with Crippen LogP contribution in [0.2, 0.25) is 0 Å². The van der Waals surface area contributed by atoms with Crippen molar-refractivity contribution in [2.75, 3.05) is 6.61 Å². The molecule has 90 valence electrons. The highest BCUT2D eigenvalue weighted by Crippen LogP contribution is 2.57. The summed E-state index contributed by atoms with van der Waals surface area (Å²) < 4.78 is 28.8. The van der Waals surface area contributed by atoms with Gasteiger partial charge in [0.1, 0.15) is 6.29 Å². The lowest BCUT2D eigenvalue weighted by Gasteiger charge is -2.12. The Bertz CT molecular complexity index is 295. The predicted octanol–water partition coefficient (Wildman–Crippen LogP) is 0.438. The molecule has 0 aromatic heterocycles. The number of hydrogen-bond donors (Lipinski definition) is 3. The molecule has 0 radical (unpaired) electrons. The van der Waals surface area contributed by atoms with Gasteiger partial charge in [-0.25, -0.2) is 9.13 Å². The van der Waals surface area contributed by atoms with Crippen LogP contribution in [0.5, 0.6) is 0 Å². The monoisotopic (exact) mass is 262 g/mol. The van der Waals surface area contributed by atoms with Crippen molar-refractivity contribution in [1.29, 1.82) is 0 Å². The van der Waals surface area contributed by atoms with Gasteiger partial charge in [-0.2, -0.15) is 4.31 Å². The number of carbonyl (C=O) groups is 1. The molecule has 0 amide bonds. The normalized spacial score (nSPS) is 18.1. The first-order chi connectivity index (χ1) is 6.66. The Labute approximate surface area is 86.1 Å². The standard InChI is InChI=1S/C5H12O8P2/c1-5(4-6)2-3-12-15(10,11)13-14(7,8)9/h4-5H,2-3H2,1H3,(H,10,11)(H2,7,8,9)/t5-/m0/s1. The summed E-state index contributed by atoms with van der Waals surface area (Å²) in [4.78, 5) is 35.4. The average molecular weight is 262 g/mol. The highest BCUT2D eigenvalue weighted by atomic mass is 31.3. The van der Waals surface area contributed by atoms with E-state index in [-0.39, 0.29) is 18.9 Å². The smallest absolute Gasteiger partial charge is 0.303 e. The SMILES string of the molecule is C[C@H](C=O)CCOP(=O)(O)OP(=O)(O)O. The van der Waals surface area contributed by atoms with E-state index in [0.717, 1.165) is 0 Å². The van der Waals surface area contributed by atoms with E-state index >= 15 is 0 Å². The maximum Gasteiger partial charge on any atom is 0.481 e. The molecule has 10 heteroatoms. The third-order valence-electron chi connectivity index (χ3n) is 1.27. The van der Waals surface area contributed by atoms with E-state index in [4.69, 9.17) is 14.7 Å². The van der Waals surface area contributed by atoms with Crippen LogP contribution in [-0.2, 0) is 22.8 Å². The molecule has 0 aliphatic carbocycles. The van der Waals surface area contributed by atoms with Gasteiger partial charge in [0.25, 0.3) is 0 Å². The van der Waals surface area contributed by atoms with E-state index in [1.165, 1.54) is 0 Å². The van der Waals surface area contributed by atoms with E-state index in [2.05, 4.69) is 8.83 Å². The number of phosphoric acid groups is 2. The minimum absolute atomic E-state index is 0.151. The molecule has 0 aliphatic rings. The third kappa shape index (κ3) is 8.89. The van der Waals surface area contributed by atoms with Crippen LogP contribution in [-0.4, -0.2) is 27.6 Å². The van der Waals surface area contributed by atoms with Crippen molar-refractivity contribution in [3.05, 3.63) is 0 Å². The fourth-order valence-electron chi connectivity index (χ4n) is 0.580. The molecule has 0 fully saturated rings. The second kappa shape index (κ2) is 5.86. The molecular weight excluding hydrogens is 250 g/mol. The van der Waals surface area contributed by atoms with Crippen molar-refractivity contribution in [3.63, 3.8) is 0 Å². The lowest BCUT2D eigenvalue weighted by molar-refractivity contribution is -0.111. The predicted molar refractivity (Wildman–Crippen MR) is 48.8 cm³/mol. The molecule has 2 atom stereocenters. The Kier molecular flexibility index (Phi) is 5.84. The van der Waals surface area contributed by atoms with Crippen molar-refractivity contribution in [2.24, 2.45) is 5.92 Å². The molecule has 0 heterocycles. The van der Waals surface area contributed by atoms with Crippen LogP contribution in [0.4, 0.5) is 0 Å². The van der Waals surface area contributed by atoms with E-state index in [0.29, 0.717) is 6.29 Å². The molecular formula is C5H12O8P2. The van der Waals surface area contributed by atoms with Crippen LogP contribution in [0.3, 0.4) is 0 Å². The van der Waals surface area contributed by atoms with Crippen LogP contribution in [0.25, 0.3) is 0 Å². The van der Waals surface area contributed by atoms with E-state index < -0.39 is 15.6 Å². The molecule has 1 unspecified atom stereocenters. The first-order valence-corrected chi connectivity index (χ1v) is 6.88. The van der Waals surface area contributed by atoms with Crippen molar-refractivity contribution >= 4 is 21.9 Å². The Hall–Kier alpha value is -0.0700. The van der Waals surface area contributed by atoms with Gasteiger partial charge >= 0.3 is 15.6 Å². The Morgan fingerprint density at radius 3 is 2.27 bits per heavy atom. The van der Waals surface area contributed by atoms with E-state index in [1.54, 1.807) is 6.92 Å². The summed E-state index contributed by atoms with van der Waals surface area (Å²) in [5.74, 6) is -0.375. The quantitative estimate of drug-likeness (QED) is 0.445. The van der Waals surface area contributed by atoms with Crippen LogP contribution >= 0.6 is 15.6 Å². The van der Waals surface area contributed by atoms with Gasteiger partial charge in [0, 0.05) is 5.92 Å². The zero-order chi connectivity index (χ0) is 12.1. The molecule has 0 spiro atoms. The van der Waals surface area contributed by atoms with Gasteiger partial charge in [0.2, 0.25) is 0 Å². The second-order valence-electron chi connectivity index (χ2n) is 2.78. The first-order valence-electron chi connectivity index (χ1n) is 3.86. The van der Waals surface area contributed by atoms with Gasteiger partial charge in [-0.05, 0) is 6.42 Å². The average Bonchev–Trinajstić information content (AvgIpc) is 1.98. The van der Waals surface area contributed by atoms with Gasteiger partial charge < -0.3 is 19.5 Å². The molecule has 3 N–H and O–H groups in total. The molecule has 0 saturated carbocycles. The fourth-order valence-corrected chi connectivity index (χ4v) is 2.18. The summed E-state index contributed by atoms with van der Waals surface area (Å²) in [6.07, 6.45) is 0.772. The summed E-state index contributed by atoms with van der Waals surface area (Å²) in [7, 11) is -9.83. The van der Waals surface area contributed by atoms with Crippen LogP contribution in [0, 0.1) is 5.92 Å². The maximum atomic E-state index is 10.8. The zero-order valence-electron chi connectivity index (χ0n) is 7.85. The summed E-state index contributed by atoms with van der Waals surface area (Å²) in [5, 5.41) is 0. The van der Waals surface area contributed by atoms with Crippen LogP contribution in [0.1, 0.15) is 13.3 Å². The largest absolute Gasteiger partial charge is 0.481 e. The Balaban J connectivity index is 4.00. The molecule has 0 aliphatic heterocycles. The number of hydrogen-bond acceptors (Lipinski definition) is 5. The minimum Gasteiger partial charge on any atom is -0.303 e. The molecule has 0 aromatic carbocycles. The van der Waals surface area contributed by atoms with Gasteiger partial charge in [0.15, 0.2) is 0 Å². The van der Waals surface area contributed by atoms with Crippen LogP contribution in [0.15, 0.2) is 0 Å². The molecule has 15 heavy (non-hydrogen) atoms. The maximum absolute atomic E-state index is 10.8. The van der Waals surface area contributed by atoms with Gasteiger partial charge in [-0.3, -0.25) is 4.52 Å². The highest BCUT2D eigenvalue weighted by Gasteiger charge is 2.32. The Morgan fingerprint density at radius 2 is 1.87 bits per heavy atom. The number of rotatable bonds is 7. The summed E-state index contributed by atoms with van der Waals surface area (Å²) in [5.41, 5.74) is 0. The number of aldehydes is 1. The highest BCUT2D eigenvalue weighted by molar-refractivity contribution is 7.60. The van der Waals surface area contributed by atoms with Crippen molar-refractivity contribution in [3.8, 4) is 0 Å². The zero-order valence-corrected chi connectivity index (χ0v) is 9.64. The number of phosphoric ester groups is 1. The first kappa shape index (κ1) is 14.9. The lowest BCUT2D eigenvalue weighted by Crippen LogP contribution is -2.02. The molecule has 0 aromatic rings. The summed E-state index contributed by atoms with van der Waals surface area (Å²) in [6.45, 7) is 1.25. The summed E-state index contributed by atoms with van der Waals surface area (Å²) in [6, 6.07) is 0. The van der Waals surface area contributed by atoms with Gasteiger partial charge in [-0.1, -0.05) is 6.92 Å². The second-order valence-corrected chi connectivity index (χ2v) is 5.61. The van der Waals surface area contributed by atoms with Gasteiger partial charge in [0.05, 0.1) is 6.61 Å². The molecule has 8 nitrogen and oxygen atoms in total.